The van der Waals surface area contributed by atoms with Crippen LogP contribution in [-0.4, -0.2) is 25.8 Å². The van der Waals surface area contributed by atoms with Gasteiger partial charge in [-0.3, -0.25) is 10.1 Å². The Bertz CT molecular complexity index is 582. The van der Waals surface area contributed by atoms with Gasteiger partial charge in [-0.05, 0) is 13.0 Å². The number of rotatable bonds is 4. The summed E-state index contributed by atoms with van der Waals surface area (Å²) in [6.07, 6.45) is 2.35. The molecule has 18 heavy (non-hydrogen) atoms. The van der Waals surface area contributed by atoms with Gasteiger partial charge in [0.25, 0.3) is 5.69 Å². The summed E-state index contributed by atoms with van der Waals surface area (Å²) < 4.78 is 1.53. The summed E-state index contributed by atoms with van der Waals surface area (Å²) in [7, 11) is 0. The third-order valence-electron chi connectivity index (χ3n) is 2.61. The fourth-order valence-corrected chi connectivity index (χ4v) is 1.88. The number of nitro groups is 1. The van der Waals surface area contributed by atoms with E-state index in [0.717, 1.165) is 5.69 Å². The predicted molar refractivity (Wildman–Crippen MR) is 67.2 cm³/mol. The fraction of sp³-hybridized carbons (Fsp3) is 0.273. The van der Waals surface area contributed by atoms with Gasteiger partial charge in [-0.1, -0.05) is 11.3 Å². The second-order valence-corrected chi connectivity index (χ2v) is 4.15. The molecule has 0 aliphatic rings. The molecule has 1 aromatic carbocycles. The summed E-state index contributed by atoms with van der Waals surface area (Å²) in [5, 5.41) is 18.8. The van der Waals surface area contributed by atoms with Crippen LogP contribution in [0, 0.1) is 17.0 Å². The summed E-state index contributed by atoms with van der Waals surface area (Å²) in [5.41, 5.74) is 2.04. The number of halogens is 1. The summed E-state index contributed by atoms with van der Waals surface area (Å²) in [6, 6.07) is 4.86. The first-order valence-electron chi connectivity index (χ1n) is 5.35. The zero-order chi connectivity index (χ0) is 13.1. The number of aromatic nitrogens is 3. The Morgan fingerprint density at radius 2 is 2.28 bits per heavy atom. The Kier molecular flexibility index (Phi) is 3.57. The van der Waals surface area contributed by atoms with E-state index in [2.05, 4.69) is 10.3 Å². The van der Waals surface area contributed by atoms with Crippen LogP contribution in [0.4, 0.5) is 5.69 Å². The van der Waals surface area contributed by atoms with Crippen LogP contribution in [0.3, 0.4) is 0 Å². The first kappa shape index (κ1) is 12.5. The molecule has 0 N–H and O–H groups in total. The molecule has 0 unspecified atom stereocenters. The molecule has 1 heterocycles. The minimum Gasteiger partial charge on any atom is -0.258 e. The zero-order valence-corrected chi connectivity index (χ0v) is 10.5. The van der Waals surface area contributed by atoms with Gasteiger partial charge < -0.3 is 0 Å². The number of nitro benzene ring substituents is 1. The van der Waals surface area contributed by atoms with E-state index in [-0.39, 0.29) is 5.69 Å². The number of benzene rings is 1. The highest BCUT2D eigenvalue weighted by Crippen LogP contribution is 2.23. The van der Waals surface area contributed by atoms with Crippen molar-refractivity contribution in [2.24, 2.45) is 0 Å². The van der Waals surface area contributed by atoms with E-state index >= 15 is 0 Å². The van der Waals surface area contributed by atoms with Crippen molar-refractivity contribution in [3.8, 4) is 5.69 Å². The Labute approximate surface area is 108 Å². The van der Waals surface area contributed by atoms with Crippen molar-refractivity contribution in [2.75, 3.05) is 5.88 Å². The van der Waals surface area contributed by atoms with Gasteiger partial charge in [-0.2, -0.15) is 0 Å². The van der Waals surface area contributed by atoms with Crippen LogP contribution in [0.2, 0.25) is 0 Å². The largest absolute Gasteiger partial charge is 0.274 e. The molecule has 7 heteroatoms. The van der Waals surface area contributed by atoms with Crippen molar-refractivity contribution >= 4 is 17.3 Å². The van der Waals surface area contributed by atoms with Gasteiger partial charge in [0.1, 0.15) is 0 Å². The van der Waals surface area contributed by atoms with Gasteiger partial charge in [-0.25, -0.2) is 4.68 Å². The van der Waals surface area contributed by atoms with Gasteiger partial charge in [0.2, 0.25) is 0 Å². The second-order valence-electron chi connectivity index (χ2n) is 3.77. The maximum absolute atomic E-state index is 10.9. The molecular formula is C11H11ClN4O2. The Hall–Kier alpha value is -1.95. The monoisotopic (exact) mass is 266 g/mol. The van der Waals surface area contributed by atoms with E-state index < -0.39 is 4.92 Å². The van der Waals surface area contributed by atoms with Crippen molar-refractivity contribution in [3.05, 3.63) is 45.8 Å². The lowest BCUT2D eigenvalue weighted by Gasteiger charge is -2.04. The normalized spacial score (nSPS) is 10.6. The van der Waals surface area contributed by atoms with Gasteiger partial charge in [0.15, 0.2) is 0 Å². The molecule has 0 atom stereocenters. The molecule has 0 fully saturated rings. The fourth-order valence-electron chi connectivity index (χ4n) is 1.69. The minimum atomic E-state index is -0.407. The van der Waals surface area contributed by atoms with Crippen molar-refractivity contribution in [1.29, 1.82) is 0 Å². The molecule has 0 aliphatic heterocycles. The van der Waals surface area contributed by atoms with Crippen molar-refractivity contribution in [2.45, 2.75) is 13.3 Å². The zero-order valence-electron chi connectivity index (χ0n) is 9.71. The maximum atomic E-state index is 10.9. The van der Waals surface area contributed by atoms with Gasteiger partial charge in [0.05, 0.1) is 28.1 Å². The van der Waals surface area contributed by atoms with Gasteiger partial charge >= 0.3 is 0 Å². The van der Waals surface area contributed by atoms with E-state index in [9.17, 15) is 10.1 Å². The summed E-state index contributed by atoms with van der Waals surface area (Å²) in [4.78, 5) is 10.4. The highest BCUT2D eigenvalue weighted by atomic mass is 35.5. The Morgan fingerprint density at radius 1 is 1.50 bits per heavy atom. The molecular weight excluding hydrogens is 256 g/mol. The Balaban J connectivity index is 2.43. The van der Waals surface area contributed by atoms with Crippen LogP contribution in [0.15, 0.2) is 24.4 Å². The molecule has 94 valence electrons. The van der Waals surface area contributed by atoms with Crippen LogP contribution in [-0.2, 0) is 6.42 Å². The molecule has 2 aromatic rings. The maximum Gasteiger partial charge on any atom is 0.274 e. The Morgan fingerprint density at radius 3 is 2.94 bits per heavy atom. The average molecular weight is 267 g/mol. The van der Waals surface area contributed by atoms with E-state index in [1.54, 1.807) is 25.3 Å². The molecule has 0 radical (unpaired) electrons. The van der Waals surface area contributed by atoms with E-state index in [4.69, 9.17) is 11.6 Å². The number of alkyl halides is 1. The summed E-state index contributed by atoms with van der Waals surface area (Å²) in [6.45, 7) is 1.69. The molecule has 0 amide bonds. The van der Waals surface area contributed by atoms with E-state index in [1.807, 2.05) is 0 Å². The van der Waals surface area contributed by atoms with E-state index in [0.29, 0.717) is 23.6 Å². The predicted octanol–water partition coefficient (Wildman–Crippen LogP) is 2.27. The number of hydrogen-bond acceptors (Lipinski definition) is 4. The molecule has 2 rings (SSSR count). The summed E-state index contributed by atoms with van der Waals surface area (Å²) >= 11 is 5.62. The van der Waals surface area contributed by atoms with Crippen molar-refractivity contribution in [1.82, 2.24) is 15.0 Å². The second kappa shape index (κ2) is 5.14. The number of aryl methyl sites for hydroxylation is 1. The van der Waals surface area contributed by atoms with Crippen LogP contribution in [0.5, 0.6) is 0 Å². The van der Waals surface area contributed by atoms with Crippen LogP contribution < -0.4 is 0 Å². The standard InChI is InChI=1S/C11H11ClN4O2/c1-8-10(3-2-4-11(8)16(17)18)15-7-9(5-6-12)13-14-15/h2-4,7H,5-6H2,1H3. The van der Waals surface area contributed by atoms with Crippen LogP contribution >= 0.6 is 11.6 Å². The molecule has 6 nitrogen and oxygen atoms in total. The third-order valence-corrected chi connectivity index (χ3v) is 2.80. The molecule has 0 aliphatic carbocycles. The lowest BCUT2D eigenvalue weighted by molar-refractivity contribution is -0.385. The van der Waals surface area contributed by atoms with Crippen molar-refractivity contribution < 1.29 is 4.92 Å². The van der Waals surface area contributed by atoms with Crippen LogP contribution in [0.1, 0.15) is 11.3 Å². The molecule has 0 saturated heterocycles. The summed E-state index contributed by atoms with van der Waals surface area (Å²) in [5.74, 6) is 0.465. The average Bonchev–Trinajstić information content (AvgIpc) is 2.78. The molecule has 0 saturated carbocycles. The highest BCUT2D eigenvalue weighted by Gasteiger charge is 2.15. The van der Waals surface area contributed by atoms with Gasteiger partial charge in [-0.15, -0.1) is 16.7 Å². The number of hydrogen-bond donors (Lipinski definition) is 0. The first-order chi connectivity index (χ1) is 8.63. The smallest absolute Gasteiger partial charge is 0.258 e. The topological polar surface area (TPSA) is 73.8 Å². The molecule has 1 aromatic heterocycles. The minimum absolute atomic E-state index is 0.0712. The lowest BCUT2D eigenvalue weighted by Crippen LogP contribution is -2.01. The quantitative estimate of drug-likeness (QED) is 0.483. The highest BCUT2D eigenvalue weighted by molar-refractivity contribution is 6.17. The van der Waals surface area contributed by atoms with Crippen LogP contribution in [0.25, 0.3) is 5.69 Å². The van der Waals surface area contributed by atoms with E-state index in [1.165, 1.54) is 10.7 Å². The van der Waals surface area contributed by atoms with Gasteiger partial charge in [0, 0.05) is 18.4 Å². The molecule has 0 spiro atoms. The number of nitrogens with zero attached hydrogens (tertiary/aromatic N) is 4. The first-order valence-corrected chi connectivity index (χ1v) is 5.88. The molecule has 0 bridgehead atoms. The third kappa shape index (κ3) is 2.33. The SMILES string of the molecule is Cc1c(-n2cc(CCCl)nn2)cccc1[N+](=O)[O-]. The van der Waals surface area contributed by atoms with Crippen molar-refractivity contribution in [3.63, 3.8) is 0 Å². The lowest BCUT2D eigenvalue weighted by atomic mass is 10.1.